The fourth-order valence-electron chi connectivity index (χ4n) is 1.31. The number of benzene rings is 1. The molecule has 0 aliphatic carbocycles. The van der Waals surface area contributed by atoms with E-state index in [1.165, 1.54) is 0 Å². The van der Waals surface area contributed by atoms with Crippen molar-refractivity contribution in [3.05, 3.63) is 29.6 Å². The number of amides is 2. The summed E-state index contributed by atoms with van der Waals surface area (Å²) in [5.41, 5.74) is -0.731. The molecule has 0 aliphatic heterocycles. The van der Waals surface area contributed by atoms with Crippen LogP contribution in [0.3, 0.4) is 0 Å². The van der Waals surface area contributed by atoms with Crippen LogP contribution in [0.25, 0.3) is 0 Å². The zero-order valence-corrected chi connectivity index (χ0v) is 10.2. The molecular weight excluding hydrogens is 297 g/mol. The summed E-state index contributed by atoms with van der Waals surface area (Å²) in [6, 6.07) is -1.77. The van der Waals surface area contributed by atoms with E-state index in [9.17, 15) is 27.6 Å². The van der Waals surface area contributed by atoms with Crippen LogP contribution >= 0.6 is 0 Å². The van der Waals surface area contributed by atoms with Crippen LogP contribution < -0.4 is 10.6 Å². The summed E-state index contributed by atoms with van der Waals surface area (Å²) in [6.45, 7) is 0. The number of carboxylic acids is 2. The molecular formula is C11H9F3N2O5. The molecule has 1 aromatic carbocycles. The van der Waals surface area contributed by atoms with Crippen molar-refractivity contribution in [1.29, 1.82) is 0 Å². The van der Waals surface area contributed by atoms with Gasteiger partial charge in [0.1, 0.15) is 6.04 Å². The largest absolute Gasteiger partial charge is 0.481 e. The lowest BCUT2D eigenvalue weighted by Gasteiger charge is -2.13. The van der Waals surface area contributed by atoms with E-state index in [0.29, 0.717) is 6.07 Å². The SMILES string of the molecule is O=C(O)C[C@H](NC(=O)Nc1ccc(F)c(F)c1F)C(=O)O. The number of urea groups is 1. The van der Waals surface area contributed by atoms with Gasteiger partial charge in [-0.15, -0.1) is 0 Å². The van der Waals surface area contributed by atoms with Crippen molar-refractivity contribution in [2.45, 2.75) is 12.5 Å². The molecule has 114 valence electrons. The summed E-state index contributed by atoms with van der Waals surface area (Å²) in [4.78, 5) is 32.5. The average Bonchev–Trinajstić information content (AvgIpc) is 2.38. The van der Waals surface area contributed by atoms with E-state index < -0.39 is 53.6 Å². The third-order valence-corrected chi connectivity index (χ3v) is 2.27. The van der Waals surface area contributed by atoms with Gasteiger partial charge >= 0.3 is 18.0 Å². The fraction of sp³-hybridized carbons (Fsp3) is 0.182. The van der Waals surface area contributed by atoms with Gasteiger partial charge in [-0.3, -0.25) is 4.79 Å². The van der Waals surface area contributed by atoms with Crippen molar-refractivity contribution in [2.75, 3.05) is 5.32 Å². The molecule has 1 rings (SSSR count). The number of aliphatic carboxylic acids is 2. The van der Waals surface area contributed by atoms with Gasteiger partial charge in [0, 0.05) is 0 Å². The first-order valence-electron chi connectivity index (χ1n) is 5.38. The van der Waals surface area contributed by atoms with Crippen LogP contribution in [-0.2, 0) is 9.59 Å². The van der Waals surface area contributed by atoms with Crippen LogP contribution in [0.5, 0.6) is 0 Å². The maximum absolute atomic E-state index is 13.3. The monoisotopic (exact) mass is 306 g/mol. The normalized spacial score (nSPS) is 11.6. The predicted molar refractivity (Wildman–Crippen MR) is 62.1 cm³/mol. The molecule has 1 aromatic rings. The van der Waals surface area contributed by atoms with Gasteiger partial charge < -0.3 is 20.8 Å². The minimum Gasteiger partial charge on any atom is -0.481 e. The molecule has 1 atom stereocenters. The first-order chi connectivity index (χ1) is 9.72. The van der Waals surface area contributed by atoms with E-state index in [4.69, 9.17) is 10.2 Å². The highest BCUT2D eigenvalue weighted by Crippen LogP contribution is 2.19. The standard InChI is InChI=1S/C11H9F3N2O5/c12-4-1-2-5(9(14)8(4)13)15-11(21)16-6(10(19)20)3-7(17)18/h1-2,6H,3H2,(H,17,18)(H,19,20)(H2,15,16,21)/t6-/m0/s1. The van der Waals surface area contributed by atoms with Gasteiger partial charge in [0.2, 0.25) is 0 Å². The maximum atomic E-state index is 13.3. The Labute approximate surface area is 115 Å². The Hall–Kier alpha value is -2.78. The Balaban J connectivity index is 2.79. The molecule has 4 N–H and O–H groups in total. The Kier molecular flexibility index (Phi) is 5.11. The minimum atomic E-state index is -1.81. The van der Waals surface area contributed by atoms with Crippen molar-refractivity contribution < 1.29 is 37.8 Å². The number of anilines is 1. The fourth-order valence-corrected chi connectivity index (χ4v) is 1.31. The second-order valence-electron chi connectivity index (χ2n) is 3.81. The molecule has 7 nitrogen and oxygen atoms in total. The number of hydrogen-bond donors (Lipinski definition) is 4. The van der Waals surface area contributed by atoms with Crippen molar-refractivity contribution in [3.63, 3.8) is 0 Å². The highest BCUT2D eigenvalue weighted by Gasteiger charge is 2.24. The molecule has 0 saturated carbocycles. The van der Waals surface area contributed by atoms with Crippen molar-refractivity contribution >= 4 is 23.7 Å². The van der Waals surface area contributed by atoms with E-state index in [1.807, 2.05) is 0 Å². The van der Waals surface area contributed by atoms with Crippen LogP contribution in [0.2, 0.25) is 0 Å². The lowest BCUT2D eigenvalue weighted by Crippen LogP contribution is -2.44. The number of carboxylic acid groups (broad SMARTS) is 2. The molecule has 21 heavy (non-hydrogen) atoms. The van der Waals surface area contributed by atoms with Gasteiger partial charge in [-0.25, -0.2) is 22.8 Å². The molecule has 10 heteroatoms. The van der Waals surface area contributed by atoms with Gasteiger partial charge in [0.15, 0.2) is 17.5 Å². The lowest BCUT2D eigenvalue weighted by molar-refractivity contribution is -0.145. The molecule has 2 amide bonds. The summed E-state index contributed by atoms with van der Waals surface area (Å²) < 4.78 is 38.8. The number of halogens is 3. The Morgan fingerprint density at radius 1 is 1.10 bits per heavy atom. The Morgan fingerprint density at radius 3 is 2.24 bits per heavy atom. The third-order valence-electron chi connectivity index (χ3n) is 2.27. The highest BCUT2D eigenvalue weighted by molar-refractivity contribution is 5.93. The van der Waals surface area contributed by atoms with Gasteiger partial charge in [0.05, 0.1) is 12.1 Å². The number of nitrogens with one attached hydrogen (secondary N) is 2. The van der Waals surface area contributed by atoms with Crippen molar-refractivity contribution in [1.82, 2.24) is 5.32 Å². The molecule has 0 saturated heterocycles. The van der Waals surface area contributed by atoms with E-state index in [0.717, 1.165) is 6.07 Å². The van der Waals surface area contributed by atoms with Crippen molar-refractivity contribution in [2.24, 2.45) is 0 Å². The topological polar surface area (TPSA) is 116 Å². The van der Waals surface area contributed by atoms with Crippen LogP contribution in [0.1, 0.15) is 6.42 Å². The number of hydrogen-bond acceptors (Lipinski definition) is 3. The van der Waals surface area contributed by atoms with Crippen LogP contribution in [-0.4, -0.2) is 34.2 Å². The van der Waals surface area contributed by atoms with E-state index >= 15 is 0 Å². The predicted octanol–water partition coefficient (Wildman–Crippen LogP) is 1.15. The van der Waals surface area contributed by atoms with Gasteiger partial charge in [-0.2, -0.15) is 0 Å². The zero-order chi connectivity index (χ0) is 16.2. The number of carbonyl (C=O) groups is 3. The highest BCUT2D eigenvalue weighted by atomic mass is 19.2. The quantitative estimate of drug-likeness (QED) is 0.609. The van der Waals surface area contributed by atoms with Crippen LogP contribution in [0.4, 0.5) is 23.7 Å². The zero-order valence-electron chi connectivity index (χ0n) is 10.2. The average molecular weight is 306 g/mol. The summed E-state index contributed by atoms with van der Waals surface area (Å²) in [6.07, 6.45) is -0.914. The van der Waals surface area contributed by atoms with Gasteiger partial charge in [-0.05, 0) is 12.1 Å². The minimum absolute atomic E-state index is 0.556. The first-order valence-corrected chi connectivity index (χ1v) is 5.38. The molecule has 0 aromatic heterocycles. The Bertz CT molecular complexity index is 593. The van der Waals surface area contributed by atoms with Gasteiger partial charge in [-0.1, -0.05) is 0 Å². The summed E-state index contributed by atoms with van der Waals surface area (Å²) in [5.74, 6) is -8.06. The smallest absolute Gasteiger partial charge is 0.326 e. The van der Waals surface area contributed by atoms with E-state index in [-0.39, 0.29) is 0 Å². The molecule has 0 aliphatic rings. The second-order valence-corrected chi connectivity index (χ2v) is 3.81. The van der Waals surface area contributed by atoms with E-state index in [1.54, 1.807) is 10.6 Å². The molecule has 0 heterocycles. The van der Waals surface area contributed by atoms with Crippen LogP contribution in [0.15, 0.2) is 12.1 Å². The van der Waals surface area contributed by atoms with Crippen LogP contribution in [0, 0.1) is 17.5 Å². The first kappa shape index (κ1) is 16.3. The van der Waals surface area contributed by atoms with Crippen molar-refractivity contribution in [3.8, 4) is 0 Å². The van der Waals surface area contributed by atoms with E-state index in [2.05, 4.69) is 0 Å². The second kappa shape index (κ2) is 6.59. The lowest BCUT2D eigenvalue weighted by atomic mass is 10.2. The summed E-state index contributed by atoms with van der Waals surface area (Å²) in [7, 11) is 0. The molecule has 0 spiro atoms. The number of carbonyl (C=O) groups excluding carboxylic acids is 1. The summed E-state index contributed by atoms with van der Waals surface area (Å²) in [5, 5.41) is 20.6. The molecule has 0 bridgehead atoms. The summed E-state index contributed by atoms with van der Waals surface area (Å²) >= 11 is 0. The van der Waals surface area contributed by atoms with Gasteiger partial charge in [0.25, 0.3) is 0 Å². The third kappa shape index (κ3) is 4.37. The molecule has 0 fully saturated rings. The molecule has 0 radical (unpaired) electrons. The number of rotatable bonds is 5. The maximum Gasteiger partial charge on any atom is 0.326 e. The Morgan fingerprint density at radius 2 is 1.71 bits per heavy atom. The molecule has 0 unspecified atom stereocenters.